The summed E-state index contributed by atoms with van der Waals surface area (Å²) in [4.78, 5) is 11.6. The highest BCUT2D eigenvalue weighted by Gasteiger charge is 2.09. The molecule has 17 heavy (non-hydrogen) atoms. The number of hydrogen-bond acceptors (Lipinski definition) is 3. The van der Waals surface area contributed by atoms with E-state index in [0.29, 0.717) is 22.2 Å². The Morgan fingerprint density at radius 1 is 1.53 bits per heavy atom. The summed E-state index contributed by atoms with van der Waals surface area (Å²) in [5.41, 5.74) is 6.54. The van der Waals surface area contributed by atoms with E-state index in [-0.39, 0.29) is 11.7 Å². The lowest BCUT2D eigenvalue weighted by molar-refractivity contribution is -0.113. The average Bonchev–Trinajstić information content (AvgIpc) is 2.23. The summed E-state index contributed by atoms with van der Waals surface area (Å²) >= 11 is 5.89. The van der Waals surface area contributed by atoms with Crippen LogP contribution in [0, 0.1) is 0 Å². The number of nitrogen functional groups attached to an aromatic ring is 1. The number of nitrogens with two attached hydrogens (primary N) is 1. The van der Waals surface area contributed by atoms with Crippen LogP contribution in [0.3, 0.4) is 0 Å². The third-order valence-corrected chi connectivity index (χ3v) is 3.77. The van der Waals surface area contributed by atoms with Crippen molar-refractivity contribution in [3.05, 3.63) is 23.2 Å². The highest BCUT2D eigenvalue weighted by molar-refractivity contribution is 7.85. The van der Waals surface area contributed by atoms with E-state index < -0.39 is 10.8 Å². The van der Waals surface area contributed by atoms with Crippen LogP contribution < -0.4 is 11.1 Å². The molecule has 0 heterocycles. The Bertz CT molecular complexity index is 437. The Kier molecular flexibility index (Phi) is 5.44. The zero-order valence-corrected chi connectivity index (χ0v) is 11.1. The smallest absolute Gasteiger partial charge is 0.237 e. The minimum atomic E-state index is -1.12. The summed E-state index contributed by atoms with van der Waals surface area (Å²) in [5, 5.41) is 3.01. The number of benzene rings is 1. The van der Waals surface area contributed by atoms with Crippen LogP contribution in [0.2, 0.25) is 5.02 Å². The van der Waals surface area contributed by atoms with Crippen molar-refractivity contribution < 1.29 is 9.00 Å². The fourth-order valence-electron chi connectivity index (χ4n) is 1.27. The molecule has 1 atom stereocenters. The van der Waals surface area contributed by atoms with Gasteiger partial charge in [0, 0.05) is 22.2 Å². The predicted molar refractivity (Wildman–Crippen MR) is 72.7 cm³/mol. The first-order chi connectivity index (χ1) is 8.02. The lowest BCUT2D eigenvalue weighted by Crippen LogP contribution is -2.20. The van der Waals surface area contributed by atoms with Crippen molar-refractivity contribution in [2.75, 3.05) is 22.6 Å². The zero-order valence-electron chi connectivity index (χ0n) is 9.53. The topological polar surface area (TPSA) is 72.2 Å². The fraction of sp³-hybridized carbons (Fsp3) is 0.364. The van der Waals surface area contributed by atoms with E-state index in [1.165, 1.54) is 0 Å². The summed E-state index contributed by atoms with van der Waals surface area (Å²) in [7, 11) is -1.12. The number of halogens is 1. The van der Waals surface area contributed by atoms with Gasteiger partial charge in [0.25, 0.3) is 0 Å². The van der Waals surface area contributed by atoms with Crippen LogP contribution in [0.5, 0.6) is 0 Å². The van der Waals surface area contributed by atoms with Gasteiger partial charge in [0.15, 0.2) is 0 Å². The molecular formula is C11H15ClN2O2S. The SMILES string of the molecule is CCCS(=O)CC(=O)Nc1cc(N)ccc1Cl. The first-order valence-electron chi connectivity index (χ1n) is 5.22. The quantitative estimate of drug-likeness (QED) is 0.807. The van der Waals surface area contributed by atoms with Gasteiger partial charge in [0.1, 0.15) is 5.75 Å². The van der Waals surface area contributed by atoms with Crippen molar-refractivity contribution >= 4 is 39.7 Å². The highest BCUT2D eigenvalue weighted by atomic mass is 35.5. The number of nitrogens with one attached hydrogen (secondary N) is 1. The van der Waals surface area contributed by atoms with E-state index in [1.807, 2.05) is 6.92 Å². The van der Waals surface area contributed by atoms with Gasteiger partial charge in [-0.15, -0.1) is 0 Å². The Labute approximate surface area is 108 Å². The van der Waals surface area contributed by atoms with Gasteiger partial charge in [0.05, 0.1) is 10.7 Å². The fourth-order valence-corrected chi connectivity index (χ4v) is 2.40. The molecule has 1 aromatic rings. The van der Waals surface area contributed by atoms with E-state index in [2.05, 4.69) is 5.32 Å². The average molecular weight is 275 g/mol. The maximum Gasteiger partial charge on any atom is 0.237 e. The van der Waals surface area contributed by atoms with E-state index >= 15 is 0 Å². The third kappa shape index (κ3) is 4.75. The Balaban J connectivity index is 2.62. The molecule has 0 fully saturated rings. The predicted octanol–water partition coefficient (Wildman–Crippen LogP) is 2.02. The van der Waals surface area contributed by atoms with E-state index in [9.17, 15) is 9.00 Å². The van der Waals surface area contributed by atoms with Gasteiger partial charge < -0.3 is 11.1 Å². The summed E-state index contributed by atoms with van der Waals surface area (Å²) in [5.74, 6) is 0.195. The normalized spacial score (nSPS) is 12.1. The number of carbonyl (C=O) groups excluding carboxylic acids is 1. The number of amides is 1. The molecule has 0 aromatic heterocycles. The van der Waals surface area contributed by atoms with Crippen LogP contribution in [0.15, 0.2) is 18.2 Å². The van der Waals surface area contributed by atoms with Crippen molar-refractivity contribution in [3.63, 3.8) is 0 Å². The number of rotatable bonds is 5. The molecule has 0 saturated carbocycles. The molecule has 1 amide bonds. The van der Waals surface area contributed by atoms with Crippen molar-refractivity contribution in [3.8, 4) is 0 Å². The minimum absolute atomic E-state index is 0.0149. The van der Waals surface area contributed by atoms with Crippen LogP contribution >= 0.6 is 11.6 Å². The molecule has 0 saturated heterocycles. The van der Waals surface area contributed by atoms with Crippen molar-refractivity contribution in [1.82, 2.24) is 0 Å². The molecule has 0 aliphatic carbocycles. The van der Waals surface area contributed by atoms with Gasteiger partial charge in [-0.05, 0) is 24.6 Å². The molecule has 94 valence electrons. The van der Waals surface area contributed by atoms with Gasteiger partial charge in [-0.3, -0.25) is 9.00 Å². The van der Waals surface area contributed by atoms with Gasteiger partial charge >= 0.3 is 0 Å². The Morgan fingerprint density at radius 3 is 2.88 bits per heavy atom. The maximum absolute atomic E-state index is 11.6. The third-order valence-electron chi connectivity index (χ3n) is 1.99. The molecule has 0 aliphatic rings. The standard InChI is InChI=1S/C11H15ClN2O2S/c1-2-5-17(16)7-11(15)14-10-6-8(13)3-4-9(10)12/h3-4,6H,2,5,7,13H2,1H3,(H,14,15). The second-order valence-corrected chi connectivity index (χ2v) is 5.56. The zero-order chi connectivity index (χ0) is 12.8. The lowest BCUT2D eigenvalue weighted by atomic mass is 10.3. The van der Waals surface area contributed by atoms with Crippen molar-refractivity contribution in [2.45, 2.75) is 13.3 Å². The van der Waals surface area contributed by atoms with Gasteiger partial charge in [-0.25, -0.2) is 0 Å². The summed E-state index contributed by atoms with van der Waals surface area (Å²) < 4.78 is 11.4. The molecule has 0 spiro atoms. The largest absolute Gasteiger partial charge is 0.399 e. The molecule has 1 aromatic carbocycles. The molecule has 0 radical (unpaired) electrons. The number of carbonyl (C=O) groups is 1. The van der Waals surface area contributed by atoms with Crippen LogP contribution in [0.4, 0.5) is 11.4 Å². The number of anilines is 2. The molecule has 0 aliphatic heterocycles. The maximum atomic E-state index is 11.6. The Hall–Kier alpha value is -1.07. The summed E-state index contributed by atoms with van der Waals surface area (Å²) in [6, 6.07) is 4.83. The van der Waals surface area contributed by atoms with Crippen LogP contribution in [0.25, 0.3) is 0 Å². The molecule has 0 bridgehead atoms. The van der Waals surface area contributed by atoms with Gasteiger partial charge in [-0.2, -0.15) is 0 Å². The molecule has 1 rings (SSSR count). The van der Waals surface area contributed by atoms with E-state index in [1.54, 1.807) is 18.2 Å². The molecular weight excluding hydrogens is 260 g/mol. The van der Waals surface area contributed by atoms with Crippen LogP contribution in [0.1, 0.15) is 13.3 Å². The number of hydrogen-bond donors (Lipinski definition) is 2. The molecule has 6 heteroatoms. The van der Waals surface area contributed by atoms with E-state index in [4.69, 9.17) is 17.3 Å². The second-order valence-electron chi connectivity index (χ2n) is 3.58. The second kappa shape index (κ2) is 6.61. The molecule has 1 unspecified atom stereocenters. The first-order valence-corrected chi connectivity index (χ1v) is 7.09. The Morgan fingerprint density at radius 2 is 2.24 bits per heavy atom. The van der Waals surface area contributed by atoms with E-state index in [0.717, 1.165) is 6.42 Å². The molecule has 4 nitrogen and oxygen atoms in total. The molecule has 3 N–H and O–H groups in total. The van der Waals surface area contributed by atoms with Gasteiger partial charge in [0.2, 0.25) is 5.91 Å². The lowest BCUT2D eigenvalue weighted by Gasteiger charge is -2.07. The van der Waals surface area contributed by atoms with Crippen molar-refractivity contribution in [2.24, 2.45) is 0 Å². The monoisotopic (exact) mass is 274 g/mol. The minimum Gasteiger partial charge on any atom is -0.399 e. The van der Waals surface area contributed by atoms with Gasteiger partial charge in [-0.1, -0.05) is 18.5 Å². The van der Waals surface area contributed by atoms with Crippen LogP contribution in [-0.4, -0.2) is 21.6 Å². The van der Waals surface area contributed by atoms with Crippen LogP contribution in [-0.2, 0) is 15.6 Å². The first kappa shape index (κ1) is 14.0. The summed E-state index contributed by atoms with van der Waals surface area (Å²) in [6.45, 7) is 1.92. The van der Waals surface area contributed by atoms with Crippen molar-refractivity contribution in [1.29, 1.82) is 0 Å². The summed E-state index contributed by atoms with van der Waals surface area (Å²) in [6.07, 6.45) is 0.791. The highest BCUT2D eigenvalue weighted by Crippen LogP contribution is 2.23.